The Kier molecular flexibility index (Phi) is 5.00. The van der Waals surface area contributed by atoms with Gasteiger partial charge in [-0.2, -0.15) is 5.26 Å². The fraction of sp³-hybridized carbons (Fsp3) is 0.318. The SMILES string of the molecule is COc1c(C#N)ccnc1N1C2CCC1CN(C(=O)c1cccnc1-c1nccs1)C2. The molecular formula is C22H20N6O2S. The van der Waals surface area contributed by atoms with Crippen molar-refractivity contribution in [2.45, 2.75) is 24.9 Å². The number of likely N-dealkylation sites (tertiary alicyclic amines) is 1. The molecule has 5 rings (SSSR count). The van der Waals surface area contributed by atoms with Crippen molar-refractivity contribution in [2.75, 3.05) is 25.1 Å². The van der Waals surface area contributed by atoms with Gasteiger partial charge in [0.05, 0.1) is 18.2 Å². The number of aromatic nitrogens is 3. The van der Waals surface area contributed by atoms with Gasteiger partial charge in [-0.05, 0) is 31.0 Å². The summed E-state index contributed by atoms with van der Waals surface area (Å²) in [7, 11) is 1.56. The smallest absolute Gasteiger partial charge is 0.256 e. The van der Waals surface area contributed by atoms with E-state index in [1.54, 1.807) is 37.8 Å². The molecule has 9 heteroatoms. The van der Waals surface area contributed by atoms with E-state index in [0.29, 0.717) is 41.5 Å². The summed E-state index contributed by atoms with van der Waals surface area (Å²) in [6, 6.07) is 7.69. The first-order valence-corrected chi connectivity index (χ1v) is 10.9. The number of carbonyl (C=O) groups excluding carboxylic acids is 1. The standard InChI is InChI=1S/C22H20N6O2S/c1-30-19-14(11-23)6-8-25-20(19)28-15-4-5-16(28)13-27(12-15)22(29)17-3-2-7-24-18(17)21-26-9-10-31-21/h2-3,6-10,15-16H,4-5,12-13H2,1H3. The van der Waals surface area contributed by atoms with E-state index in [9.17, 15) is 10.1 Å². The third-order valence-electron chi connectivity index (χ3n) is 5.90. The molecule has 0 spiro atoms. The molecule has 8 nitrogen and oxygen atoms in total. The molecule has 156 valence electrons. The number of hydrogen-bond donors (Lipinski definition) is 0. The normalized spacial score (nSPS) is 19.9. The monoisotopic (exact) mass is 432 g/mol. The summed E-state index contributed by atoms with van der Waals surface area (Å²) < 4.78 is 5.52. The van der Waals surface area contributed by atoms with Gasteiger partial charge in [0, 0.05) is 49.1 Å². The number of piperazine rings is 1. The van der Waals surface area contributed by atoms with E-state index >= 15 is 0 Å². The highest BCUT2D eigenvalue weighted by Gasteiger charge is 2.43. The predicted molar refractivity (Wildman–Crippen MR) is 116 cm³/mol. The maximum absolute atomic E-state index is 13.5. The number of nitriles is 1. The van der Waals surface area contributed by atoms with Crippen LogP contribution in [0.3, 0.4) is 0 Å². The van der Waals surface area contributed by atoms with E-state index in [-0.39, 0.29) is 18.0 Å². The third kappa shape index (κ3) is 3.29. The second kappa shape index (κ2) is 7.96. The van der Waals surface area contributed by atoms with E-state index in [1.165, 1.54) is 11.3 Å². The lowest BCUT2D eigenvalue weighted by atomic mass is 10.1. The average molecular weight is 433 g/mol. The zero-order valence-corrected chi connectivity index (χ0v) is 17.7. The van der Waals surface area contributed by atoms with Crippen molar-refractivity contribution in [2.24, 2.45) is 0 Å². The maximum atomic E-state index is 13.5. The molecule has 2 saturated heterocycles. The molecule has 2 atom stereocenters. The zero-order valence-electron chi connectivity index (χ0n) is 16.9. The summed E-state index contributed by atoms with van der Waals surface area (Å²) in [4.78, 5) is 30.9. The van der Waals surface area contributed by atoms with Crippen LogP contribution in [0, 0.1) is 11.3 Å². The highest BCUT2D eigenvalue weighted by molar-refractivity contribution is 7.13. The van der Waals surface area contributed by atoms with Crippen LogP contribution in [0.15, 0.2) is 42.2 Å². The quantitative estimate of drug-likeness (QED) is 0.625. The van der Waals surface area contributed by atoms with Gasteiger partial charge < -0.3 is 14.5 Å². The Balaban J connectivity index is 1.43. The summed E-state index contributed by atoms with van der Waals surface area (Å²) in [5, 5.41) is 12.1. The molecule has 0 saturated carbocycles. The van der Waals surface area contributed by atoms with Gasteiger partial charge in [-0.15, -0.1) is 11.3 Å². The first kappa shape index (κ1) is 19.5. The second-order valence-electron chi connectivity index (χ2n) is 7.57. The molecular weight excluding hydrogens is 412 g/mol. The molecule has 2 aliphatic heterocycles. The molecule has 0 aromatic carbocycles. The molecule has 5 heterocycles. The van der Waals surface area contributed by atoms with E-state index < -0.39 is 0 Å². The molecule has 0 N–H and O–H groups in total. The number of fused-ring (bicyclic) bond motifs is 2. The lowest BCUT2D eigenvalue weighted by Crippen LogP contribution is -2.56. The molecule has 2 fully saturated rings. The van der Waals surface area contributed by atoms with E-state index in [2.05, 4.69) is 25.9 Å². The van der Waals surface area contributed by atoms with Crippen LogP contribution in [-0.4, -0.2) is 58.0 Å². The Morgan fingerprint density at radius 1 is 1.16 bits per heavy atom. The number of methoxy groups -OCH3 is 1. The number of carbonyl (C=O) groups is 1. The molecule has 31 heavy (non-hydrogen) atoms. The molecule has 3 aromatic rings. The lowest BCUT2D eigenvalue weighted by Gasteiger charge is -2.42. The first-order chi connectivity index (χ1) is 15.2. The van der Waals surface area contributed by atoms with Gasteiger partial charge in [0.15, 0.2) is 11.6 Å². The number of hydrogen-bond acceptors (Lipinski definition) is 8. The molecule has 2 bridgehead atoms. The number of amides is 1. The minimum Gasteiger partial charge on any atom is -0.492 e. The minimum absolute atomic E-state index is 0.0273. The highest BCUT2D eigenvalue weighted by Crippen LogP contribution is 2.40. The van der Waals surface area contributed by atoms with Crippen LogP contribution < -0.4 is 9.64 Å². The first-order valence-electron chi connectivity index (χ1n) is 10.1. The minimum atomic E-state index is -0.0273. The van der Waals surface area contributed by atoms with Crippen molar-refractivity contribution in [3.63, 3.8) is 0 Å². The van der Waals surface area contributed by atoms with Gasteiger partial charge in [0.25, 0.3) is 5.91 Å². The van der Waals surface area contributed by atoms with E-state index in [4.69, 9.17) is 4.74 Å². The van der Waals surface area contributed by atoms with Gasteiger partial charge in [0.2, 0.25) is 0 Å². The largest absolute Gasteiger partial charge is 0.492 e. The van der Waals surface area contributed by atoms with Gasteiger partial charge in [0.1, 0.15) is 16.8 Å². The van der Waals surface area contributed by atoms with Crippen LogP contribution in [-0.2, 0) is 0 Å². The number of anilines is 1. The molecule has 2 aliphatic rings. The number of rotatable bonds is 4. The number of ether oxygens (including phenoxy) is 1. The van der Waals surface area contributed by atoms with Crippen LogP contribution in [0.2, 0.25) is 0 Å². The van der Waals surface area contributed by atoms with Crippen LogP contribution in [0.5, 0.6) is 5.75 Å². The molecule has 0 radical (unpaired) electrons. The van der Waals surface area contributed by atoms with Crippen LogP contribution >= 0.6 is 11.3 Å². The van der Waals surface area contributed by atoms with Gasteiger partial charge >= 0.3 is 0 Å². The van der Waals surface area contributed by atoms with E-state index in [0.717, 1.165) is 17.8 Å². The fourth-order valence-electron chi connectivity index (χ4n) is 4.58. The van der Waals surface area contributed by atoms with Gasteiger partial charge in [-0.1, -0.05) is 0 Å². The van der Waals surface area contributed by atoms with Crippen molar-refractivity contribution in [3.05, 3.63) is 53.3 Å². The summed E-state index contributed by atoms with van der Waals surface area (Å²) in [5.41, 5.74) is 1.67. The topological polar surface area (TPSA) is 95.2 Å². The van der Waals surface area contributed by atoms with Crippen molar-refractivity contribution in [3.8, 4) is 22.5 Å². The Morgan fingerprint density at radius 2 is 1.97 bits per heavy atom. The van der Waals surface area contributed by atoms with Crippen LogP contribution in [0.25, 0.3) is 10.7 Å². The van der Waals surface area contributed by atoms with Gasteiger partial charge in [-0.3, -0.25) is 9.78 Å². The summed E-state index contributed by atoms with van der Waals surface area (Å²) in [6.07, 6.45) is 6.97. The van der Waals surface area contributed by atoms with Crippen molar-refractivity contribution < 1.29 is 9.53 Å². The van der Waals surface area contributed by atoms with Crippen molar-refractivity contribution in [1.29, 1.82) is 5.26 Å². The van der Waals surface area contributed by atoms with Gasteiger partial charge in [-0.25, -0.2) is 9.97 Å². The summed E-state index contributed by atoms with van der Waals surface area (Å²) in [5.74, 6) is 1.16. The lowest BCUT2D eigenvalue weighted by molar-refractivity contribution is 0.0717. The predicted octanol–water partition coefficient (Wildman–Crippen LogP) is 2.97. The number of thiazole rings is 1. The maximum Gasteiger partial charge on any atom is 0.256 e. The Bertz CT molecular complexity index is 1150. The van der Waals surface area contributed by atoms with Crippen molar-refractivity contribution >= 4 is 23.1 Å². The molecule has 0 aliphatic carbocycles. The average Bonchev–Trinajstić information content (AvgIpc) is 3.44. The Labute approximate surface area is 183 Å². The Hall–Kier alpha value is -3.51. The fourth-order valence-corrected chi connectivity index (χ4v) is 5.23. The van der Waals surface area contributed by atoms with Crippen molar-refractivity contribution in [1.82, 2.24) is 19.9 Å². The Morgan fingerprint density at radius 3 is 2.65 bits per heavy atom. The van der Waals surface area contributed by atoms with Crippen LogP contribution in [0.4, 0.5) is 5.82 Å². The highest BCUT2D eigenvalue weighted by atomic mass is 32.1. The zero-order chi connectivity index (χ0) is 21.4. The molecule has 2 unspecified atom stereocenters. The summed E-state index contributed by atoms with van der Waals surface area (Å²) in [6.45, 7) is 1.17. The summed E-state index contributed by atoms with van der Waals surface area (Å²) >= 11 is 1.47. The van der Waals surface area contributed by atoms with E-state index in [1.807, 2.05) is 16.3 Å². The molecule has 3 aromatic heterocycles. The number of nitrogens with zero attached hydrogens (tertiary/aromatic N) is 6. The third-order valence-corrected chi connectivity index (χ3v) is 6.68. The number of pyridine rings is 2. The molecule has 1 amide bonds. The second-order valence-corrected chi connectivity index (χ2v) is 8.46. The van der Waals surface area contributed by atoms with Crippen LogP contribution in [0.1, 0.15) is 28.8 Å².